The Morgan fingerprint density at radius 1 is 1.29 bits per heavy atom. The van der Waals surface area contributed by atoms with Gasteiger partial charge in [-0.2, -0.15) is 0 Å². The zero-order valence-corrected chi connectivity index (χ0v) is 10.1. The number of ether oxygens (including phenoxy) is 1. The van der Waals surface area contributed by atoms with E-state index in [1.54, 1.807) is 6.07 Å². The van der Waals surface area contributed by atoms with Crippen molar-refractivity contribution in [1.29, 1.82) is 0 Å². The average molecular weight is 247 g/mol. The second-order valence-electron chi connectivity index (χ2n) is 4.36. The standard InChI is InChI=1S/C14H11ClO2/c1-8-7-17-14-10-5-3-2-4-9(10)12(15)6-11(14)13(8)16/h2-6,8H,7H2,1H3. The lowest BCUT2D eigenvalue weighted by Gasteiger charge is -2.23. The third kappa shape index (κ3) is 1.52. The van der Waals surface area contributed by atoms with E-state index in [4.69, 9.17) is 16.3 Å². The summed E-state index contributed by atoms with van der Waals surface area (Å²) < 4.78 is 5.69. The molecule has 17 heavy (non-hydrogen) atoms. The summed E-state index contributed by atoms with van der Waals surface area (Å²) in [5.41, 5.74) is 0.604. The zero-order valence-electron chi connectivity index (χ0n) is 9.37. The summed E-state index contributed by atoms with van der Waals surface area (Å²) in [5.74, 6) is 0.687. The highest BCUT2D eigenvalue weighted by Crippen LogP contribution is 2.38. The maximum absolute atomic E-state index is 12.1. The van der Waals surface area contributed by atoms with E-state index in [1.807, 2.05) is 31.2 Å². The van der Waals surface area contributed by atoms with Crippen molar-refractivity contribution in [3.05, 3.63) is 40.9 Å². The van der Waals surface area contributed by atoms with Gasteiger partial charge in [-0.15, -0.1) is 0 Å². The second-order valence-corrected chi connectivity index (χ2v) is 4.76. The highest BCUT2D eigenvalue weighted by Gasteiger charge is 2.27. The molecule has 0 N–H and O–H groups in total. The van der Waals surface area contributed by atoms with Crippen molar-refractivity contribution in [2.75, 3.05) is 6.61 Å². The van der Waals surface area contributed by atoms with Crippen LogP contribution in [0.25, 0.3) is 10.8 Å². The normalized spacial score (nSPS) is 18.9. The molecule has 0 amide bonds. The molecule has 1 heterocycles. The van der Waals surface area contributed by atoms with Crippen LogP contribution in [0.3, 0.4) is 0 Å². The molecule has 2 aromatic carbocycles. The summed E-state index contributed by atoms with van der Waals surface area (Å²) in [7, 11) is 0. The Morgan fingerprint density at radius 3 is 2.76 bits per heavy atom. The molecule has 1 unspecified atom stereocenters. The molecule has 2 nitrogen and oxygen atoms in total. The molecule has 0 radical (unpaired) electrons. The summed E-state index contributed by atoms with van der Waals surface area (Å²) >= 11 is 6.20. The van der Waals surface area contributed by atoms with Gasteiger partial charge in [-0.3, -0.25) is 4.79 Å². The van der Waals surface area contributed by atoms with Gasteiger partial charge in [-0.05, 0) is 6.07 Å². The van der Waals surface area contributed by atoms with Crippen LogP contribution in [-0.2, 0) is 0 Å². The summed E-state index contributed by atoms with van der Waals surface area (Å²) in [5, 5.41) is 2.44. The predicted molar refractivity (Wildman–Crippen MR) is 67.9 cm³/mol. The van der Waals surface area contributed by atoms with Crippen LogP contribution in [0.1, 0.15) is 17.3 Å². The van der Waals surface area contributed by atoms with Gasteiger partial charge in [0.05, 0.1) is 18.1 Å². The van der Waals surface area contributed by atoms with Crippen LogP contribution in [0.5, 0.6) is 5.75 Å². The molecule has 1 aliphatic heterocycles. The Bertz CT molecular complexity index is 619. The number of fused-ring (bicyclic) bond motifs is 3. The van der Waals surface area contributed by atoms with Gasteiger partial charge in [-0.1, -0.05) is 42.8 Å². The Kier molecular flexibility index (Phi) is 2.33. The van der Waals surface area contributed by atoms with Gasteiger partial charge in [0.1, 0.15) is 5.75 Å². The van der Waals surface area contributed by atoms with E-state index in [9.17, 15) is 4.79 Å². The van der Waals surface area contributed by atoms with Crippen LogP contribution in [-0.4, -0.2) is 12.4 Å². The van der Waals surface area contributed by atoms with E-state index in [0.29, 0.717) is 22.9 Å². The Labute approximate surface area is 104 Å². The van der Waals surface area contributed by atoms with Gasteiger partial charge in [0.25, 0.3) is 0 Å². The maximum atomic E-state index is 12.1. The fourth-order valence-corrected chi connectivity index (χ4v) is 2.47. The van der Waals surface area contributed by atoms with Gasteiger partial charge in [0.15, 0.2) is 5.78 Å². The van der Waals surface area contributed by atoms with Gasteiger partial charge < -0.3 is 4.74 Å². The number of halogens is 1. The summed E-state index contributed by atoms with van der Waals surface area (Å²) in [6.45, 7) is 2.31. The predicted octanol–water partition coefficient (Wildman–Crippen LogP) is 3.70. The highest BCUT2D eigenvalue weighted by molar-refractivity contribution is 6.36. The van der Waals surface area contributed by atoms with E-state index in [1.165, 1.54) is 0 Å². The van der Waals surface area contributed by atoms with E-state index in [0.717, 1.165) is 10.8 Å². The minimum atomic E-state index is -0.0975. The molecule has 0 spiro atoms. The zero-order chi connectivity index (χ0) is 12.0. The first-order valence-corrected chi connectivity index (χ1v) is 5.94. The second kappa shape index (κ2) is 3.74. The van der Waals surface area contributed by atoms with Crippen LogP contribution in [0, 0.1) is 5.92 Å². The molecule has 0 aliphatic carbocycles. The molecule has 0 saturated carbocycles. The van der Waals surface area contributed by atoms with E-state index in [2.05, 4.69) is 0 Å². The summed E-state index contributed by atoms with van der Waals surface area (Å²) in [4.78, 5) is 12.1. The van der Waals surface area contributed by atoms with Crippen molar-refractivity contribution >= 4 is 28.2 Å². The van der Waals surface area contributed by atoms with E-state index < -0.39 is 0 Å². The SMILES string of the molecule is CC1COc2c(cc(Cl)c3ccccc23)C1=O. The minimum Gasteiger partial charge on any atom is -0.491 e. The van der Waals surface area contributed by atoms with Crippen LogP contribution < -0.4 is 4.74 Å². The Balaban J connectivity index is 2.38. The lowest BCUT2D eigenvalue weighted by Crippen LogP contribution is -2.25. The van der Waals surface area contributed by atoms with Crippen molar-refractivity contribution in [1.82, 2.24) is 0 Å². The monoisotopic (exact) mass is 246 g/mol. The largest absolute Gasteiger partial charge is 0.491 e. The first kappa shape index (κ1) is 10.6. The van der Waals surface area contributed by atoms with Crippen molar-refractivity contribution < 1.29 is 9.53 Å². The topological polar surface area (TPSA) is 26.3 Å². The maximum Gasteiger partial charge on any atom is 0.172 e. The molecule has 2 aromatic rings. The Morgan fingerprint density at radius 2 is 2.00 bits per heavy atom. The van der Waals surface area contributed by atoms with Crippen LogP contribution in [0.2, 0.25) is 5.02 Å². The van der Waals surface area contributed by atoms with Gasteiger partial charge in [0, 0.05) is 15.8 Å². The molecule has 3 rings (SSSR count). The van der Waals surface area contributed by atoms with Crippen molar-refractivity contribution in [2.45, 2.75) is 6.92 Å². The number of benzene rings is 2. The van der Waals surface area contributed by atoms with Crippen LogP contribution >= 0.6 is 11.6 Å². The number of ketones is 1. The highest BCUT2D eigenvalue weighted by atomic mass is 35.5. The molecule has 1 aliphatic rings. The molecular formula is C14H11ClO2. The third-order valence-corrected chi connectivity index (χ3v) is 3.45. The number of carbonyl (C=O) groups excluding carboxylic acids is 1. The molecule has 3 heteroatoms. The summed E-state index contributed by atoms with van der Waals surface area (Å²) in [6, 6.07) is 9.43. The molecule has 1 atom stereocenters. The van der Waals surface area contributed by atoms with Gasteiger partial charge >= 0.3 is 0 Å². The lowest BCUT2D eigenvalue weighted by molar-refractivity contribution is 0.0851. The number of Topliss-reactive ketones (excluding diaryl/α,β-unsaturated/α-hetero) is 1. The average Bonchev–Trinajstić information content (AvgIpc) is 2.35. The lowest BCUT2D eigenvalue weighted by atomic mass is 9.94. The van der Waals surface area contributed by atoms with Crippen molar-refractivity contribution in [3.63, 3.8) is 0 Å². The number of hydrogen-bond donors (Lipinski definition) is 0. The smallest absolute Gasteiger partial charge is 0.172 e. The fraction of sp³-hybridized carbons (Fsp3) is 0.214. The summed E-state index contributed by atoms with van der Waals surface area (Å²) in [6.07, 6.45) is 0. The molecule has 0 saturated heterocycles. The van der Waals surface area contributed by atoms with Crippen molar-refractivity contribution in [3.8, 4) is 5.75 Å². The molecule has 86 valence electrons. The molecular weight excluding hydrogens is 236 g/mol. The third-order valence-electron chi connectivity index (χ3n) is 3.14. The van der Waals surface area contributed by atoms with Gasteiger partial charge in [0.2, 0.25) is 0 Å². The minimum absolute atomic E-state index is 0.0975. The van der Waals surface area contributed by atoms with Crippen LogP contribution in [0.15, 0.2) is 30.3 Å². The molecule has 0 aromatic heterocycles. The first-order valence-electron chi connectivity index (χ1n) is 5.56. The Hall–Kier alpha value is -1.54. The number of carbonyl (C=O) groups is 1. The quantitative estimate of drug-likeness (QED) is 0.708. The number of hydrogen-bond acceptors (Lipinski definition) is 2. The van der Waals surface area contributed by atoms with E-state index in [-0.39, 0.29) is 11.7 Å². The molecule has 0 bridgehead atoms. The van der Waals surface area contributed by atoms with E-state index >= 15 is 0 Å². The number of rotatable bonds is 0. The molecule has 0 fully saturated rings. The van der Waals surface area contributed by atoms with Gasteiger partial charge in [-0.25, -0.2) is 0 Å². The first-order chi connectivity index (χ1) is 8.18. The van der Waals surface area contributed by atoms with Crippen molar-refractivity contribution in [2.24, 2.45) is 5.92 Å². The van der Waals surface area contributed by atoms with Crippen LogP contribution in [0.4, 0.5) is 0 Å². The fourth-order valence-electron chi connectivity index (χ4n) is 2.19.